The molecule has 0 saturated carbocycles. The van der Waals surface area contributed by atoms with Gasteiger partial charge >= 0.3 is 5.69 Å². The van der Waals surface area contributed by atoms with Crippen LogP contribution in [0.4, 0.5) is 5.69 Å². The fourth-order valence-electron chi connectivity index (χ4n) is 2.28. The van der Waals surface area contributed by atoms with Crippen molar-refractivity contribution in [3.63, 3.8) is 0 Å². The molecule has 1 aromatic heterocycles. The molecule has 0 aliphatic carbocycles. The summed E-state index contributed by atoms with van der Waals surface area (Å²) >= 11 is 0. The predicted molar refractivity (Wildman–Crippen MR) is 73.5 cm³/mol. The summed E-state index contributed by atoms with van der Waals surface area (Å²) in [6.07, 6.45) is 0.219. The predicted octanol–water partition coefficient (Wildman–Crippen LogP) is 0.162. The summed E-state index contributed by atoms with van der Waals surface area (Å²) in [6, 6.07) is 0. The Labute approximate surface area is 122 Å². The van der Waals surface area contributed by atoms with E-state index < -0.39 is 4.92 Å². The van der Waals surface area contributed by atoms with Crippen molar-refractivity contribution in [2.24, 2.45) is 0 Å². The number of carbonyl (C=O) groups excluding carboxylic acids is 1. The van der Waals surface area contributed by atoms with Gasteiger partial charge in [0, 0.05) is 19.5 Å². The van der Waals surface area contributed by atoms with E-state index in [1.54, 1.807) is 13.8 Å². The molecule has 21 heavy (non-hydrogen) atoms. The van der Waals surface area contributed by atoms with Gasteiger partial charge in [-0.15, -0.1) is 0 Å². The molecule has 9 nitrogen and oxygen atoms in total. The van der Waals surface area contributed by atoms with E-state index in [-0.39, 0.29) is 18.0 Å². The van der Waals surface area contributed by atoms with Crippen molar-refractivity contribution in [3.8, 4) is 0 Å². The average molecular weight is 297 g/mol. The first-order chi connectivity index (χ1) is 9.99. The van der Waals surface area contributed by atoms with Crippen molar-refractivity contribution in [1.82, 2.24) is 20.2 Å². The largest absolute Gasteiger partial charge is 0.379 e. The fourth-order valence-corrected chi connectivity index (χ4v) is 2.28. The lowest BCUT2D eigenvalue weighted by atomic mass is 10.3. The topological polar surface area (TPSA) is 103 Å². The van der Waals surface area contributed by atoms with Crippen molar-refractivity contribution in [2.45, 2.75) is 26.8 Å². The Morgan fingerprint density at radius 3 is 2.67 bits per heavy atom. The van der Waals surface area contributed by atoms with Crippen LogP contribution in [0.5, 0.6) is 0 Å². The second-order valence-corrected chi connectivity index (χ2v) is 4.88. The van der Waals surface area contributed by atoms with Crippen molar-refractivity contribution >= 4 is 11.6 Å². The van der Waals surface area contributed by atoms with Gasteiger partial charge < -0.3 is 4.74 Å². The molecule has 1 amide bonds. The zero-order valence-electron chi connectivity index (χ0n) is 12.2. The fraction of sp³-hybridized carbons (Fsp3) is 0.667. The van der Waals surface area contributed by atoms with Gasteiger partial charge in [0.15, 0.2) is 0 Å². The van der Waals surface area contributed by atoms with Crippen LogP contribution in [0.2, 0.25) is 0 Å². The highest BCUT2D eigenvalue weighted by atomic mass is 16.6. The van der Waals surface area contributed by atoms with Gasteiger partial charge in [-0.2, -0.15) is 5.10 Å². The number of nitro groups is 1. The Morgan fingerprint density at radius 1 is 1.43 bits per heavy atom. The normalized spacial score (nSPS) is 15.9. The van der Waals surface area contributed by atoms with Gasteiger partial charge in [0.2, 0.25) is 5.91 Å². The summed E-state index contributed by atoms with van der Waals surface area (Å²) in [6.45, 7) is 6.08. The second-order valence-electron chi connectivity index (χ2n) is 4.88. The quantitative estimate of drug-likeness (QED) is 0.613. The molecule has 1 aliphatic rings. The zero-order valence-corrected chi connectivity index (χ0v) is 12.2. The summed E-state index contributed by atoms with van der Waals surface area (Å²) in [4.78, 5) is 22.3. The van der Waals surface area contributed by atoms with E-state index in [0.29, 0.717) is 44.2 Å². The zero-order chi connectivity index (χ0) is 15.4. The van der Waals surface area contributed by atoms with E-state index in [0.717, 1.165) is 0 Å². The maximum Gasteiger partial charge on any atom is 0.312 e. The highest BCUT2D eigenvalue weighted by Gasteiger charge is 2.22. The van der Waals surface area contributed by atoms with Crippen LogP contribution in [-0.4, -0.2) is 51.9 Å². The Bertz CT molecular complexity index is 536. The minimum Gasteiger partial charge on any atom is -0.379 e. The first kappa shape index (κ1) is 15.4. The molecule has 0 spiro atoms. The number of hydrazine groups is 1. The molecule has 0 bridgehead atoms. The number of nitrogens with one attached hydrogen (secondary N) is 1. The first-order valence-electron chi connectivity index (χ1n) is 6.79. The molecule has 0 aromatic carbocycles. The minimum absolute atomic E-state index is 0.0172. The molecule has 1 aromatic rings. The second kappa shape index (κ2) is 6.64. The molecule has 2 heterocycles. The molecule has 9 heteroatoms. The van der Waals surface area contributed by atoms with Gasteiger partial charge in [-0.3, -0.25) is 25.0 Å². The van der Waals surface area contributed by atoms with Gasteiger partial charge in [0.1, 0.15) is 11.4 Å². The summed E-state index contributed by atoms with van der Waals surface area (Å²) in [7, 11) is 0. The maximum atomic E-state index is 11.9. The Hall–Kier alpha value is -2.00. The van der Waals surface area contributed by atoms with Crippen LogP contribution in [0.3, 0.4) is 0 Å². The van der Waals surface area contributed by atoms with E-state index in [4.69, 9.17) is 4.74 Å². The summed E-state index contributed by atoms with van der Waals surface area (Å²) in [5.41, 5.74) is 3.65. The van der Waals surface area contributed by atoms with Crippen LogP contribution in [0.15, 0.2) is 0 Å². The number of nitrogens with zero attached hydrogens (tertiary/aromatic N) is 4. The number of aromatic nitrogens is 2. The number of morpholine rings is 1. The van der Waals surface area contributed by atoms with Crippen LogP contribution in [-0.2, 0) is 16.1 Å². The summed E-state index contributed by atoms with van der Waals surface area (Å²) in [5.74, 6) is -0.132. The van der Waals surface area contributed by atoms with Crippen molar-refractivity contribution in [2.75, 3.05) is 26.3 Å². The number of aryl methyl sites for hydroxylation is 2. The molecule has 116 valence electrons. The first-order valence-corrected chi connectivity index (χ1v) is 6.79. The SMILES string of the molecule is Cc1nn(CCC(=O)NN2CCOCC2)c(C)c1[N+](=O)[O-]. The molecular formula is C12H19N5O4. The minimum atomic E-state index is -0.442. The summed E-state index contributed by atoms with van der Waals surface area (Å²) < 4.78 is 6.70. The van der Waals surface area contributed by atoms with Gasteiger partial charge in [-0.25, -0.2) is 5.01 Å². The third kappa shape index (κ3) is 3.76. The lowest BCUT2D eigenvalue weighted by molar-refractivity contribution is -0.386. The lowest BCUT2D eigenvalue weighted by Crippen LogP contribution is -2.48. The van der Waals surface area contributed by atoms with Crippen molar-refractivity contribution < 1.29 is 14.5 Å². The van der Waals surface area contributed by atoms with Crippen LogP contribution >= 0.6 is 0 Å². The standard InChI is InChI=1S/C12H19N5O4/c1-9-12(17(19)20)10(2)16(13-9)4-3-11(18)14-15-5-7-21-8-6-15/h3-8H2,1-2H3,(H,14,18). The van der Waals surface area contributed by atoms with E-state index in [2.05, 4.69) is 10.5 Å². The Morgan fingerprint density at radius 2 is 2.10 bits per heavy atom. The molecule has 0 unspecified atom stereocenters. The Balaban J connectivity index is 1.89. The number of rotatable bonds is 5. The molecule has 1 saturated heterocycles. The molecule has 1 aliphatic heterocycles. The number of ether oxygens (including phenoxy) is 1. The Kier molecular flexibility index (Phi) is 4.86. The van der Waals surface area contributed by atoms with Crippen LogP contribution in [0.1, 0.15) is 17.8 Å². The van der Waals surface area contributed by atoms with Crippen molar-refractivity contribution in [3.05, 3.63) is 21.5 Å². The van der Waals surface area contributed by atoms with Gasteiger partial charge in [0.05, 0.1) is 24.7 Å². The number of carbonyl (C=O) groups is 1. The van der Waals surface area contributed by atoms with E-state index in [9.17, 15) is 14.9 Å². The highest BCUT2D eigenvalue weighted by molar-refractivity contribution is 5.75. The van der Waals surface area contributed by atoms with Crippen LogP contribution < -0.4 is 5.43 Å². The number of hydrogen-bond acceptors (Lipinski definition) is 6. The van der Waals surface area contributed by atoms with E-state index in [1.807, 2.05) is 5.01 Å². The highest BCUT2D eigenvalue weighted by Crippen LogP contribution is 2.21. The smallest absolute Gasteiger partial charge is 0.312 e. The van der Waals surface area contributed by atoms with Crippen LogP contribution in [0, 0.1) is 24.0 Å². The third-order valence-corrected chi connectivity index (χ3v) is 3.37. The molecule has 0 radical (unpaired) electrons. The molecule has 1 fully saturated rings. The van der Waals surface area contributed by atoms with E-state index >= 15 is 0 Å². The number of hydrogen-bond donors (Lipinski definition) is 1. The average Bonchev–Trinajstić information content (AvgIpc) is 2.72. The summed E-state index contributed by atoms with van der Waals surface area (Å²) in [5, 5.41) is 16.8. The van der Waals surface area contributed by atoms with Crippen LogP contribution in [0.25, 0.3) is 0 Å². The van der Waals surface area contributed by atoms with E-state index in [1.165, 1.54) is 4.68 Å². The third-order valence-electron chi connectivity index (χ3n) is 3.37. The lowest BCUT2D eigenvalue weighted by Gasteiger charge is -2.26. The molecular weight excluding hydrogens is 278 g/mol. The molecule has 1 N–H and O–H groups in total. The monoisotopic (exact) mass is 297 g/mol. The number of amides is 1. The maximum absolute atomic E-state index is 11.9. The van der Waals surface area contributed by atoms with Crippen molar-refractivity contribution in [1.29, 1.82) is 0 Å². The van der Waals surface area contributed by atoms with Gasteiger partial charge in [-0.05, 0) is 13.8 Å². The van der Waals surface area contributed by atoms with Gasteiger partial charge in [0.25, 0.3) is 0 Å². The molecule has 2 rings (SSSR count). The van der Waals surface area contributed by atoms with Gasteiger partial charge in [-0.1, -0.05) is 0 Å². The molecule has 0 atom stereocenters.